The summed E-state index contributed by atoms with van der Waals surface area (Å²) in [5.41, 5.74) is 3.45. The van der Waals surface area contributed by atoms with Crippen LogP contribution in [0.4, 0.5) is 5.82 Å². The molecule has 0 saturated carbocycles. The van der Waals surface area contributed by atoms with Crippen molar-refractivity contribution in [3.8, 4) is 17.1 Å². The van der Waals surface area contributed by atoms with Crippen molar-refractivity contribution < 1.29 is 4.74 Å². The molecular weight excluding hydrogens is 360 g/mol. The second-order valence-corrected chi connectivity index (χ2v) is 7.63. The summed E-state index contributed by atoms with van der Waals surface area (Å²) in [6.45, 7) is 5.29. The minimum Gasteiger partial charge on any atom is -0.497 e. The van der Waals surface area contributed by atoms with E-state index in [0.717, 1.165) is 61.0 Å². The third-order valence-electron chi connectivity index (χ3n) is 5.50. The molecule has 0 spiro atoms. The largest absolute Gasteiger partial charge is 0.497 e. The molecule has 1 fully saturated rings. The third kappa shape index (κ3) is 4.93. The van der Waals surface area contributed by atoms with Crippen molar-refractivity contribution >= 4 is 5.82 Å². The zero-order valence-electron chi connectivity index (χ0n) is 17.1. The van der Waals surface area contributed by atoms with Gasteiger partial charge in [0.2, 0.25) is 0 Å². The SMILES string of the molecule is COc1ccc(-c2ncc(C)c(NC3CCN(Cc4ccccc4)CC3)n2)cc1. The van der Waals surface area contributed by atoms with Crippen LogP contribution in [0.15, 0.2) is 60.8 Å². The highest BCUT2D eigenvalue weighted by Crippen LogP contribution is 2.23. The summed E-state index contributed by atoms with van der Waals surface area (Å²) < 4.78 is 5.24. The van der Waals surface area contributed by atoms with Crippen LogP contribution >= 0.6 is 0 Å². The highest BCUT2D eigenvalue weighted by molar-refractivity contribution is 5.59. The quantitative estimate of drug-likeness (QED) is 0.672. The molecular formula is C24H28N4O. The summed E-state index contributed by atoms with van der Waals surface area (Å²) in [6, 6.07) is 19.0. The average molecular weight is 389 g/mol. The lowest BCUT2D eigenvalue weighted by Crippen LogP contribution is -2.38. The van der Waals surface area contributed by atoms with Crippen molar-refractivity contribution in [2.45, 2.75) is 32.4 Å². The zero-order chi connectivity index (χ0) is 20.1. The highest BCUT2D eigenvalue weighted by atomic mass is 16.5. The van der Waals surface area contributed by atoms with E-state index in [1.807, 2.05) is 30.5 Å². The van der Waals surface area contributed by atoms with Gasteiger partial charge in [-0.05, 0) is 49.6 Å². The Morgan fingerprint density at radius 1 is 1.03 bits per heavy atom. The smallest absolute Gasteiger partial charge is 0.161 e. The molecule has 29 heavy (non-hydrogen) atoms. The summed E-state index contributed by atoms with van der Waals surface area (Å²) in [6.07, 6.45) is 4.14. The van der Waals surface area contributed by atoms with Gasteiger partial charge in [0.1, 0.15) is 11.6 Å². The summed E-state index contributed by atoms with van der Waals surface area (Å²) >= 11 is 0. The number of methoxy groups -OCH3 is 1. The van der Waals surface area contributed by atoms with Crippen LogP contribution in [-0.2, 0) is 6.54 Å². The van der Waals surface area contributed by atoms with E-state index < -0.39 is 0 Å². The third-order valence-corrected chi connectivity index (χ3v) is 5.50. The number of rotatable bonds is 6. The molecule has 0 aliphatic carbocycles. The van der Waals surface area contributed by atoms with E-state index in [-0.39, 0.29) is 0 Å². The van der Waals surface area contributed by atoms with Gasteiger partial charge in [0.15, 0.2) is 5.82 Å². The van der Waals surface area contributed by atoms with Crippen molar-refractivity contribution in [3.63, 3.8) is 0 Å². The molecule has 1 aromatic heterocycles. The van der Waals surface area contributed by atoms with Gasteiger partial charge in [-0.3, -0.25) is 4.90 Å². The Hall–Kier alpha value is -2.92. The number of nitrogens with zero attached hydrogens (tertiary/aromatic N) is 3. The predicted octanol–water partition coefficient (Wildman–Crippen LogP) is 4.54. The minimum absolute atomic E-state index is 0.444. The first-order valence-electron chi connectivity index (χ1n) is 10.2. The van der Waals surface area contributed by atoms with Crippen LogP contribution < -0.4 is 10.1 Å². The molecule has 2 aromatic carbocycles. The van der Waals surface area contributed by atoms with Gasteiger partial charge in [0.25, 0.3) is 0 Å². The van der Waals surface area contributed by atoms with Crippen molar-refractivity contribution in [3.05, 3.63) is 71.9 Å². The molecule has 0 unspecified atom stereocenters. The summed E-state index contributed by atoms with van der Waals surface area (Å²) in [5.74, 6) is 2.51. The molecule has 0 atom stereocenters. The minimum atomic E-state index is 0.444. The van der Waals surface area contributed by atoms with Crippen LogP contribution in [0.1, 0.15) is 24.0 Å². The molecule has 2 heterocycles. The fourth-order valence-electron chi connectivity index (χ4n) is 3.74. The number of benzene rings is 2. The Morgan fingerprint density at radius 3 is 2.45 bits per heavy atom. The number of anilines is 1. The number of hydrogen-bond acceptors (Lipinski definition) is 5. The highest BCUT2D eigenvalue weighted by Gasteiger charge is 2.20. The molecule has 0 bridgehead atoms. The first-order chi connectivity index (χ1) is 14.2. The van der Waals surface area contributed by atoms with E-state index in [1.54, 1.807) is 7.11 Å². The Morgan fingerprint density at radius 2 is 1.76 bits per heavy atom. The van der Waals surface area contributed by atoms with Crippen molar-refractivity contribution in [2.24, 2.45) is 0 Å². The van der Waals surface area contributed by atoms with Gasteiger partial charge in [0.05, 0.1) is 7.11 Å². The molecule has 150 valence electrons. The number of piperidine rings is 1. The second kappa shape index (κ2) is 9.05. The van der Waals surface area contributed by atoms with Crippen LogP contribution in [0.5, 0.6) is 5.75 Å². The van der Waals surface area contributed by atoms with E-state index in [1.165, 1.54) is 5.56 Å². The topological polar surface area (TPSA) is 50.3 Å². The van der Waals surface area contributed by atoms with Crippen molar-refractivity contribution in [1.29, 1.82) is 0 Å². The molecule has 3 aromatic rings. The van der Waals surface area contributed by atoms with Gasteiger partial charge in [-0.2, -0.15) is 0 Å². The maximum absolute atomic E-state index is 5.24. The van der Waals surface area contributed by atoms with Crippen LogP contribution in [0, 0.1) is 6.92 Å². The molecule has 1 N–H and O–H groups in total. The molecule has 1 aliphatic heterocycles. The normalized spacial score (nSPS) is 15.2. The number of nitrogens with one attached hydrogen (secondary N) is 1. The molecule has 5 nitrogen and oxygen atoms in total. The maximum Gasteiger partial charge on any atom is 0.161 e. The van der Waals surface area contributed by atoms with Crippen molar-refractivity contribution in [2.75, 3.05) is 25.5 Å². The Labute approximate surface area is 172 Å². The van der Waals surface area contributed by atoms with Crippen LogP contribution in [0.3, 0.4) is 0 Å². The number of aromatic nitrogens is 2. The van der Waals surface area contributed by atoms with Crippen molar-refractivity contribution in [1.82, 2.24) is 14.9 Å². The lowest BCUT2D eigenvalue weighted by atomic mass is 10.0. The summed E-state index contributed by atoms with van der Waals surface area (Å²) in [5, 5.41) is 3.66. The first-order valence-corrected chi connectivity index (χ1v) is 10.2. The second-order valence-electron chi connectivity index (χ2n) is 7.63. The van der Waals surface area contributed by atoms with E-state index >= 15 is 0 Å². The molecule has 1 aliphatic rings. The predicted molar refractivity (Wildman–Crippen MR) is 117 cm³/mol. The van der Waals surface area contributed by atoms with Gasteiger partial charge < -0.3 is 10.1 Å². The van der Waals surface area contributed by atoms with E-state index in [4.69, 9.17) is 9.72 Å². The monoisotopic (exact) mass is 388 g/mol. The summed E-state index contributed by atoms with van der Waals surface area (Å²) in [7, 11) is 1.67. The molecule has 0 radical (unpaired) electrons. The fourth-order valence-corrected chi connectivity index (χ4v) is 3.74. The van der Waals surface area contributed by atoms with Crippen LogP contribution in [0.25, 0.3) is 11.4 Å². The standard InChI is InChI=1S/C24H28N4O/c1-18-16-25-24(20-8-10-22(29-2)11-9-20)27-23(18)26-21-12-14-28(15-13-21)17-19-6-4-3-5-7-19/h3-11,16,21H,12-15,17H2,1-2H3,(H,25,26,27). The van der Waals surface area contributed by atoms with E-state index in [2.05, 4.69) is 52.5 Å². The molecule has 4 rings (SSSR count). The van der Waals surface area contributed by atoms with Gasteiger partial charge in [-0.1, -0.05) is 30.3 Å². The Kier molecular flexibility index (Phi) is 6.06. The average Bonchev–Trinajstić information content (AvgIpc) is 2.77. The van der Waals surface area contributed by atoms with Crippen LogP contribution in [-0.4, -0.2) is 41.1 Å². The number of ether oxygens (including phenoxy) is 1. The van der Waals surface area contributed by atoms with Gasteiger partial charge in [-0.25, -0.2) is 9.97 Å². The first kappa shape index (κ1) is 19.4. The van der Waals surface area contributed by atoms with E-state index in [9.17, 15) is 0 Å². The molecule has 1 saturated heterocycles. The molecule has 0 amide bonds. The molecule has 5 heteroatoms. The number of aryl methyl sites for hydroxylation is 1. The zero-order valence-corrected chi connectivity index (χ0v) is 17.1. The Bertz CT molecular complexity index is 919. The number of hydrogen-bond donors (Lipinski definition) is 1. The lowest BCUT2D eigenvalue weighted by Gasteiger charge is -2.33. The van der Waals surface area contributed by atoms with Gasteiger partial charge in [0, 0.05) is 43.0 Å². The van der Waals surface area contributed by atoms with Gasteiger partial charge >= 0.3 is 0 Å². The van der Waals surface area contributed by atoms with Gasteiger partial charge in [-0.15, -0.1) is 0 Å². The lowest BCUT2D eigenvalue weighted by molar-refractivity contribution is 0.211. The van der Waals surface area contributed by atoms with Crippen LogP contribution in [0.2, 0.25) is 0 Å². The summed E-state index contributed by atoms with van der Waals surface area (Å²) in [4.78, 5) is 11.8. The Balaban J connectivity index is 1.38. The number of likely N-dealkylation sites (tertiary alicyclic amines) is 1. The van der Waals surface area contributed by atoms with E-state index in [0.29, 0.717) is 6.04 Å². The fraction of sp³-hybridized carbons (Fsp3) is 0.333. The maximum atomic E-state index is 5.24.